The molecular formula is C21H20ClN3O4. The first-order chi connectivity index (χ1) is 13.9. The van der Waals surface area contributed by atoms with Crippen LogP contribution in [0, 0.1) is 6.92 Å². The largest absolute Gasteiger partial charge is 0.495 e. The highest BCUT2D eigenvalue weighted by Gasteiger charge is 2.21. The number of anilines is 1. The van der Waals surface area contributed by atoms with E-state index in [1.165, 1.54) is 14.0 Å². The van der Waals surface area contributed by atoms with Crippen molar-refractivity contribution in [2.45, 2.75) is 20.0 Å². The standard InChI is InChI=1S/C21H20ClN3O4/c1-12-10-17(18(28-3)11-16(12)22)25-20(26)13(2)29-21(27)15-6-4-14(5-7-15)19-23-8-9-24-19/h4-11,13H,1-3H3,(H,23,24)(H,25,26). The fourth-order valence-corrected chi connectivity index (χ4v) is 2.79. The molecule has 0 aliphatic heterocycles. The van der Waals surface area contributed by atoms with Crippen LogP contribution in [0.1, 0.15) is 22.8 Å². The Bertz CT molecular complexity index is 1020. The zero-order chi connectivity index (χ0) is 21.0. The van der Waals surface area contributed by atoms with E-state index in [1.807, 2.05) is 6.92 Å². The Kier molecular flexibility index (Phi) is 6.19. The lowest BCUT2D eigenvalue weighted by molar-refractivity contribution is -0.123. The first-order valence-electron chi connectivity index (χ1n) is 8.85. The van der Waals surface area contributed by atoms with Crippen molar-refractivity contribution >= 4 is 29.2 Å². The molecule has 3 rings (SSSR count). The molecule has 0 spiro atoms. The van der Waals surface area contributed by atoms with Crippen LogP contribution in [0.25, 0.3) is 11.4 Å². The van der Waals surface area contributed by atoms with Crippen molar-refractivity contribution in [3.05, 3.63) is 64.9 Å². The van der Waals surface area contributed by atoms with Gasteiger partial charge in [-0.3, -0.25) is 4.79 Å². The van der Waals surface area contributed by atoms with Crippen LogP contribution in [0.5, 0.6) is 5.75 Å². The zero-order valence-electron chi connectivity index (χ0n) is 16.2. The van der Waals surface area contributed by atoms with Gasteiger partial charge in [0.05, 0.1) is 18.4 Å². The number of aromatic amines is 1. The molecule has 29 heavy (non-hydrogen) atoms. The van der Waals surface area contributed by atoms with Gasteiger partial charge in [-0.2, -0.15) is 0 Å². The van der Waals surface area contributed by atoms with Crippen molar-refractivity contribution in [1.82, 2.24) is 9.97 Å². The van der Waals surface area contributed by atoms with E-state index in [1.54, 1.807) is 48.8 Å². The topological polar surface area (TPSA) is 93.3 Å². The first-order valence-corrected chi connectivity index (χ1v) is 9.22. The number of carbonyl (C=O) groups excluding carboxylic acids is 2. The first kappa shape index (κ1) is 20.4. The molecule has 0 saturated heterocycles. The highest BCUT2D eigenvalue weighted by Crippen LogP contribution is 2.31. The van der Waals surface area contributed by atoms with Gasteiger partial charge < -0.3 is 19.8 Å². The van der Waals surface area contributed by atoms with Crippen LogP contribution < -0.4 is 10.1 Å². The van der Waals surface area contributed by atoms with E-state index in [0.717, 1.165) is 11.1 Å². The monoisotopic (exact) mass is 413 g/mol. The number of ether oxygens (including phenoxy) is 2. The second-order valence-corrected chi connectivity index (χ2v) is 6.76. The average molecular weight is 414 g/mol. The summed E-state index contributed by atoms with van der Waals surface area (Å²) in [5.41, 5.74) is 2.40. The molecular weight excluding hydrogens is 394 g/mol. The van der Waals surface area contributed by atoms with Crippen LogP contribution in [0.4, 0.5) is 5.69 Å². The zero-order valence-corrected chi connectivity index (χ0v) is 16.9. The van der Waals surface area contributed by atoms with Crippen molar-refractivity contribution in [3.8, 4) is 17.1 Å². The predicted molar refractivity (Wildman–Crippen MR) is 110 cm³/mol. The molecule has 3 aromatic rings. The van der Waals surface area contributed by atoms with Crippen molar-refractivity contribution in [2.24, 2.45) is 0 Å². The fourth-order valence-electron chi connectivity index (χ4n) is 2.63. The van der Waals surface area contributed by atoms with E-state index in [0.29, 0.717) is 27.8 Å². The van der Waals surface area contributed by atoms with Crippen molar-refractivity contribution in [3.63, 3.8) is 0 Å². The summed E-state index contributed by atoms with van der Waals surface area (Å²) < 4.78 is 10.5. The average Bonchev–Trinajstić information content (AvgIpc) is 3.25. The van der Waals surface area contributed by atoms with Gasteiger partial charge in [0.2, 0.25) is 0 Å². The molecule has 1 aromatic heterocycles. The molecule has 0 radical (unpaired) electrons. The van der Waals surface area contributed by atoms with E-state index < -0.39 is 18.0 Å². The number of halogens is 1. The van der Waals surface area contributed by atoms with Gasteiger partial charge in [-0.15, -0.1) is 0 Å². The van der Waals surface area contributed by atoms with Crippen LogP contribution in [0.2, 0.25) is 5.02 Å². The summed E-state index contributed by atoms with van der Waals surface area (Å²) in [7, 11) is 1.48. The van der Waals surface area contributed by atoms with Gasteiger partial charge in [-0.05, 0) is 37.6 Å². The number of rotatable bonds is 6. The lowest BCUT2D eigenvalue weighted by atomic mass is 10.1. The summed E-state index contributed by atoms with van der Waals surface area (Å²) in [5, 5.41) is 3.23. The van der Waals surface area contributed by atoms with Crippen molar-refractivity contribution in [2.75, 3.05) is 12.4 Å². The fraction of sp³-hybridized carbons (Fsp3) is 0.190. The summed E-state index contributed by atoms with van der Waals surface area (Å²) in [5.74, 6) is 0.0364. The summed E-state index contributed by atoms with van der Waals surface area (Å²) in [6.07, 6.45) is 2.36. The highest BCUT2D eigenvalue weighted by atomic mass is 35.5. The van der Waals surface area contributed by atoms with E-state index in [-0.39, 0.29) is 0 Å². The summed E-state index contributed by atoms with van der Waals surface area (Å²) in [6.45, 7) is 3.31. The molecule has 2 aromatic carbocycles. The smallest absolute Gasteiger partial charge is 0.338 e. The minimum absolute atomic E-state index is 0.333. The molecule has 0 bridgehead atoms. The van der Waals surface area contributed by atoms with Gasteiger partial charge in [0, 0.05) is 29.0 Å². The lowest BCUT2D eigenvalue weighted by Crippen LogP contribution is -2.30. The summed E-state index contributed by atoms with van der Waals surface area (Å²) >= 11 is 6.08. The molecule has 2 N–H and O–H groups in total. The SMILES string of the molecule is COc1cc(Cl)c(C)cc1NC(=O)C(C)OC(=O)c1ccc(-c2ncc[nH]2)cc1. The third-order valence-corrected chi connectivity index (χ3v) is 4.69. The van der Waals surface area contributed by atoms with Gasteiger partial charge in [0.25, 0.3) is 5.91 Å². The number of aromatic nitrogens is 2. The van der Waals surface area contributed by atoms with E-state index in [9.17, 15) is 9.59 Å². The minimum Gasteiger partial charge on any atom is -0.495 e. The molecule has 1 amide bonds. The van der Waals surface area contributed by atoms with E-state index in [4.69, 9.17) is 21.1 Å². The number of hydrogen-bond acceptors (Lipinski definition) is 5. The molecule has 0 aliphatic rings. The number of aryl methyl sites for hydroxylation is 1. The number of H-pyrrole nitrogens is 1. The van der Waals surface area contributed by atoms with Crippen molar-refractivity contribution in [1.29, 1.82) is 0 Å². The second-order valence-electron chi connectivity index (χ2n) is 6.35. The molecule has 1 heterocycles. The second kappa shape index (κ2) is 8.79. The van der Waals surface area contributed by atoms with Gasteiger partial charge in [0.15, 0.2) is 6.10 Å². The van der Waals surface area contributed by atoms with Gasteiger partial charge in [-0.25, -0.2) is 9.78 Å². The molecule has 1 atom stereocenters. The number of methoxy groups -OCH3 is 1. The van der Waals surface area contributed by atoms with Gasteiger partial charge >= 0.3 is 5.97 Å². The Morgan fingerprint density at radius 2 is 1.93 bits per heavy atom. The van der Waals surface area contributed by atoms with Crippen LogP contribution in [0.15, 0.2) is 48.8 Å². The molecule has 1 unspecified atom stereocenters. The number of imidazole rings is 1. The maximum absolute atomic E-state index is 12.5. The summed E-state index contributed by atoms with van der Waals surface area (Å²) in [4.78, 5) is 32.0. The summed E-state index contributed by atoms with van der Waals surface area (Å²) in [6, 6.07) is 10.1. The highest BCUT2D eigenvalue weighted by molar-refractivity contribution is 6.31. The number of carbonyl (C=O) groups is 2. The Hall–Kier alpha value is -3.32. The Labute approximate surface area is 173 Å². The number of benzene rings is 2. The van der Waals surface area contributed by atoms with Crippen LogP contribution in [0.3, 0.4) is 0 Å². The van der Waals surface area contributed by atoms with Gasteiger partial charge in [-0.1, -0.05) is 23.7 Å². The van der Waals surface area contributed by atoms with Crippen LogP contribution in [-0.4, -0.2) is 35.1 Å². The normalized spacial score (nSPS) is 11.6. The number of amides is 1. The molecule has 150 valence electrons. The molecule has 8 heteroatoms. The quantitative estimate of drug-likeness (QED) is 0.590. The van der Waals surface area contributed by atoms with E-state index >= 15 is 0 Å². The predicted octanol–water partition coefficient (Wildman–Crippen LogP) is 4.23. The number of nitrogens with one attached hydrogen (secondary N) is 2. The number of esters is 1. The number of hydrogen-bond donors (Lipinski definition) is 2. The van der Waals surface area contributed by atoms with Crippen LogP contribution >= 0.6 is 11.6 Å². The third-order valence-electron chi connectivity index (χ3n) is 4.28. The Balaban J connectivity index is 1.65. The van der Waals surface area contributed by atoms with Gasteiger partial charge in [0.1, 0.15) is 11.6 Å². The third kappa shape index (κ3) is 4.75. The molecule has 0 saturated carbocycles. The molecule has 0 fully saturated rings. The minimum atomic E-state index is -1.01. The Morgan fingerprint density at radius 3 is 2.55 bits per heavy atom. The maximum Gasteiger partial charge on any atom is 0.338 e. The van der Waals surface area contributed by atoms with Crippen molar-refractivity contribution < 1.29 is 19.1 Å². The molecule has 7 nitrogen and oxygen atoms in total. The number of nitrogens with zero attached hydrogens (tertiary/aromatic N) is 1. The Morgan fingerprint density at radius 1 is 1.21 bits per heavy atom. The van der Waals surface area contributed by atoms with Crippen LogP contribution in [-0.2, 0) is 9.53 Å². The maximum atomic E-state index is 12.5. The van der Waals surface area contributed by atoms with E-state index in [2.05, 4.69) is 15.3 Å². The lowest BCUT2D eigenvalue weighted by Gasteiger charge is -2.16. The molecule has 0 aliphatic carbocycles.